The Kier molecular flexibility index (Phi) is 5.14. The van der Waals surface area contributed by atoms with Crippen molar-refractivity contribution in [1.82, 2.24) is 4.98 Å². The molecule has 4 rings (SSSR count). The zero-order valence-electron chi connectivity index (χ0n) is 14.7. The lowest BCUT2D eigenvalue weighted by atomic mass is 10.1. The molecule has 0 saturated heterocycles. The Labute approximate surface area is 165 Å². The van der Waals surface area contributed by atoms with Crippen LogP contribution in [0.25, 0.3) is 21.7 Å². The van der Waals surface area contributed by atoms with Crippen molar-refractivity contribution in [2.45, 2.75) is 13.5 Å². The predicted octanol–water partition coefficient (Wildman–Crippen LogP) is 6.20. The van der Waals surface area contributed by atoms with Gasteiger partial charge in [0.25, 0.3) is 0 Å². The molecule has 0 spiro atoms. The molecule has 0 atom stereocenters. The van der Waals surface area contributed by atoms with Gasteiger partial charge in [-0.3, -0.25) is 0 Å². The van der Waals surface area contributed by atoms with E-state index in [9.17, 15) is 4.79 Å². The highest BCUT2D eigenvalue weighted by molar-refractivity contribution is 7.13. The van der Waals surface area contributed by atoms with Gasteiger partial charge in [-0.05, 0) is 23.9 Å². The minimum absolute atomic E-state index is 0.174. The normalized spacial score (nSPS) is 10.7. The molecule has 0 bridgehead atoms. The molecule has 0 aliphatic carbocycles. The number of carbonyl (C=O) groups excluding carboxylic acids is 1. The second-order valence-electron chi connectivity index (χ2n) is 6.12. The number of thiazole rings is 1. The smallest absolute Gasteiger partial charge is 0.349 e. The highest BCUT2D eigenvalue weighted by Gasteiger charge is 2.17. The average Bonchev–Trinajstić information content (AvgIpc) is 3.37. The number of esters is 1. The van der Waals surface area contributed by atoms with Crippen LogP contribution in [0.5, 0.6) is 0 Å². The zero-order valence-corrected chi connectivity index (χ0v) is 16.3. The van der Waals surface area contributed by atoms with Gasteiger partial charge in [0.05, 0.1) is 5.69 Å². The third kappa shape index (κ3) is 3.99. The van der Waals surface area contributed by atoms with Crippen molar-refractivity contribution in [3.8, 4) is 21.7 Å². The summed E-state index contributed by atoms with van der Waals surface area (Å²) in [5.74, 6) is -0.310. The Balaban J connectivity index is 1.46. The lowest BCUT2D eigenvalue weighted by Gasteiger charge is -2.05. The quantitative estimate of drug-likeness (QED) is 0.380. The molecule has 0 aliphatic rings. The summed E-state index contributed by atoms with van der Waals surface area (Å²) >= 11 is 2.95. The number of nitrogens with zero attached hydrogens (tertiary/aromatic N) is 1. The van der Waals surface area contributed by atoms with Gasteiger partial charge in [-0.1, -0.05) is 60.2 Å². The van der Waals surface area contributed by atoms with Gasteiger partial charge in [-0.25, -0.2) is 9.78 Å². The second kappa shape index (κ2) is 7.86. The Morgan fingerprint density at radius 1 is 0.963 bits per heavy atom. The molecule has 0 amide bonds. The largest absolute Gasteiger partial charge is 0.455 e. The highest BCUT2D eigenvalue weighted by Crippen LogP contribution is 2.30. The number of hydrogen-bond acceptors (Lipinski definition) is 5. The van der Waals surface area contributed by atoms with Gasteiger partial charge in [-0.15, -0.1) is 22.7 Å². The van der Waals surface area contributed by atoms with Gasteiger partial charge in [0.2, 0.25) is 0 Å². The van der Waals surface area contributed by atoms with Crippen molar-refractivity contribution in [2.24, 2.45) is 0 Å². The topological polar surface area (TPSA) is 39.2 Å². The number of ether oxygens (including phenoxy) is 1. The molecule has 0 aliphatic heterocycles. The molecule has 0 radical (unpaired) electrons. The van der Waals surface area contributed by atoms with Crippen LogP contribution in [-0.2, 0) is 11.3 Å². The van der Waals surface area contributed by atoms with Gasteiger partial charge in [0, 0.05) is 16.5 Å². The van der Waals surface area contributed by atoms with Gasteiger partial charge >= 0.3 is 5.97 Å². The molecular formula is C22H17NO2S2. The van der Waals surface area contributed by atoms with Crippen LogP contribution in [-0.4, -0.2) is 11.0 Å². The molecule has 27 heavy (non-hydrogen) atoms. The van der Waals surface area contributed by atoms with E-state index in [0.717, 1.165) is 27.4 Å². The first-order valence-corrected chi connectivity index (χ1v) is 10.3. The zero-order chi connectivity index (χ0) is 18.6. The first-order valence-electron chi connectivity index (χ1n) is 8.52. The summed E-state index contributed by atoms with van der Waals surface area (Å²) < 4.78 is 5.52. The summed E-state index contributed by atoms with van der Waals surface area (Å²) in [7, 11) is 0. The molecule has 2 aromatic carbocycles. The minimum atomic E-state index is -0.310. The van der Waals surface area contributed by atoms with Crippen LogP contribution in [0.15, 0.2) is 71.4 Å². The van der Waals surface area contributed by atoms with Crippen molar-refractivity contribution in [3.05, 3.63) is 87.6 Å². The maximum atomic E-state index is 12.6. The minimum Gasteiger partial charge on any atom is -0.455 e. The van der Waals surface area contributed by atoms with Crippen molar-refractivity contribution >= 4 is 28.6 Å². The van der Waals surface area contributed by atoms with E-state index in [-0.39, 0.29) is 12.6 Å². The number of benzene rings is 2. The highest BCUT2D eigenvalue weighted by atomic mass is 32.1. The molecule has 3 nitrogen and oxygen atoms in total. The van der Waals surface area contributed by atoms with Crippen molar-refractivity contribution in [3.63, 3.8) is 0 Å². The second-order valence-corrected chi connectivity index (χ2v) is 7.89. The van der Waals surface area contributed by atoms with E-state index < -0.39 is 0 Å². The van der Waals surface area contributed by atoms with Crippen LogP contribution in [0.2, 0.25) is 0 Å². The Hall–Kier alpha value is -2.76. The number of hydrogen-bond donors (Lipinski definition) is 0. The van der Waals surface area contributed by atoms with Gasteiger partial charge in [0.1, 0.15) is 16.5 Å². The molecule has 134 valence electrons. The molecule has 2 heterocycles. The molecule has 0 unspecified atom stereocenters. The van der Waals surface area contributed by atoms with Crippen LogP contribution in [0, 0.1) is 6.92 Å². The SMILES string of the molecule is Cc1ccc(-c2ccsc2C(=O)OCc2csc(-c3ccccc3)n2)cc1. The van der Waals surface area contributed by atoms with Crippen molar-refractivity contribution < 1.29 is 9.53 Å². The summed E-state index contributed by atoms with van der Waals surface area (Å²) in [4.78, 5) is 17.8. The number of carbonyl (C=O) groups is 1. The van der Waals surface area contributed by atoms with Crippen molar-refractivity contribution in [1.29, 1.82) is 0 Å². The average molecular weight is 392 g/mol. The third-order valence-corrected chi connectivity index (χ3v) is 5.97. The first kappa shape index (κ1) is 17.6. The van der Waals surface area contributed by atoms with E-state index in [0.29, 0.717) is 4.88 Å². The molecule has 0 N–H and O–H groups in total. The number of aryl methyl sites for hydroxylation is 1. The number of rotatable bonds is 5. The van der Waals surface area contributed by atoms with Gasteiger partial charge in [-0.2, -0.15) is 0 Å². The Morgan fingerprint density at radius 3 is 2.52 bits per heavy atom. The van der Waals surface area contributed by atoms with Gasteiger partial charge < -0.3 is 4.74 Å². The monoisotopic (exact) mass is 391 g/mol. The molecule has 5 heteroatoms. The standard InChI is InChI=1S/C22H17NO2S2/c1-15-7-9-16(10-8-15)19-11-12-26-20(19)22(24)25-13-18-14-27-21(23-18)17-5-3-2-4-6-17/h2-12,14H,13H2,1H3. The van der Waals surface area contributed by atoms with Crippen LogP contribution < -0.4 is 0 Å². The number of thiophene rings is 1. The lowest BCUT2D eigenvalue weighted by Crippen LogP contribution is -2.04. The van der Waals surface area contributed by atoms with E-state index >= 15 is 0 Å². The fourth-order valence-electron chi connectivity index (χ4n) is 2.72. The maximum Gasteiger partial charge on any atom is 0.349 e. The van der Waals surface area contributed by atoms with Gasteiger partial charge in [0.15, 0.2) is 0 Å². The van der Waals surface area contributed by atoms with E-state index in [1.54, 1.807) is 11.3 Å². The fourth-order valence-corrected chi connectivity index (χ4v) is 4.34. The Morgan fingerprint density at radius 2 is 1.74 bits per heavy atom. The summed E-state index contributed by atoms with van der Waals surface area (Å²) in [6, 6.07) is 20.1. The van der Waals surface area contributed by atoms with E-state index in [2.05, 4.69) is 4.98 Å². The molecule has 2 aromatic heterocycles. The first-order chi connectivity index (χ1) is 13.2. The van der Waals surface area contributed by atoms with E-state index in [1.807, 2.05) is 78.3 Å². The number of aromatic nitrogens is 1. The van der Waals surface area contributed by atoms with Crippen molar-refractivity contribution in [2.75, 3.05) is 0 Å². The van der Waals surface area contributed by atoms with Crippen LogP contribution in [0.1, 0.15) is 20.9 Å². The molecule has 0 fully saturated rings. The molecule has 0 saturated carbocycles. The summed E-state index contributed by atoms with van der Waals surface area (Å²) in [5, 5.41) is 4.78. The van der Waals surface area contributed by atoms with E-state index in [1.165, 1.54) is 16.9 Å². The summed E-state index contributed by atoms with van der Waals surface area (Å²) in [5.41, 5.74) is 4.96. The lowest BCUT2D eigenvalue weighted by molar-refractivity contribution is 0.0475. The summed E-state index contributed by atoms with van der Waals surface area (Å²) in [6.45, 7) is 2.22. The Bertz CT molecular complexity index is 1050. The predicted molar refractivity (Wildman–Crippen MR) is 111 cm³/mol. The van der Waals surface area contributed by atoms with Crippen LogP contribution in [0.4, 0.5) is 0 Å². The molecule has 4 aromatic rings. The van der Waals surface area contributed by atoms with Crippen LogP contribution >= 0.6 is 22.7 Å². The summed E-state index contributed by atoms with van der Waals surface area (Å²) in [6.07, 6.45) is 0. The third-order valence-electron chi connectivity index (χ3n) is 4.14. The van der Waals surface area contributed by atoms with Crippen LogP contribution in [0.3, 0.4) is 0 Å². The fraction of sp³-hybridized carbons (Fsp3) is 0.0909. The molecular weight excluding hydrogens is 374 g/mol. The maximum absolute atomic E-state index is 12.6. The van der Waals surface area contributed by atoms with E-state index in [4.69, 9.17) is 4.74 Å².